The van der Waals surface area contributed by atoms with Crippen LogP contribution in [0, 0.1) is 0 Å². The minimum absolute atomic E-state index is 0.0950. The highest BCUT2D eigenvalue weighted by molar-refractivity contribution is 7.98. The Hall–Kier alpha value is -1.99. The average Bonchev–Trinajstić information content (AvgIpc) is 3.19. The molecule has 2 amide bonds. The number of nitrogens with one attached hydrogen (secondary N) is 2. The molecule has 0 aliphatic heterocycles. The van der Waals surface area contributed by atoms with Crippen molar-refractivity contribution in [1.29, 1.82) is 0 Å². The van der Waals surface area contributed by atoms with Gasteiger partial charge in [0.1, 0.15) is 11.8 Å². The number of thioether (sulfide) groups is 1. The Labute approximate surface area is 162 Å². The fourth-order valence-electron chi connectivity index (χ4n) is 2.50. The smallest absolute Gasteiger partial charge is 0.255 e. The first-order valence-corrected chi connectivity index (χ1v) is 10.6. The van der Waals surface area contributed by atoms with Gasteiger partial charge in [-0.2, -0.15) is 11.8 Å². The number of hydrogen-bond donors (Lipinski definition) is 2. The lowest BCUT2D eigenvalue weighted by molar-refractivity contribution is -0.123. The molecule has 0 fully saturated rings. The van der Waals surface area contributed by atoms with Crippen molar-refractivity contribution in [2.45, 2.75) is 25.4 Å². The van der Waals surface area contributed by atoms with Crippen molar-refractivity contribution >= 4 is 34.9 Å². The highest BCUT2D eigenvalue weighted by Gasteiger charge is 2.24. The molecule has 7 heteroatoms. The van der Waals surface area contributed by atoms with E-state index in [-0.39, 0.29) is 17.9 Å². The first-order valence-electron chi connectivity index (χ1n) is 8.33. The number of carbonyl (C=O) groups is 2. The van der Waals surface area contributed by atoms with Crippen LogP contribution in [-0.4, -0.2) is 37.0 Å². The van der Waals surface area contributed by atoms with E-state index in [1.54, 1.807) is 47.4 Å². The van der Waals surface area contributed by atoms with Gasteiger partial charge in [0.05, 0.1) is 18.7 Å². The van der Waals surface area contributed by atoms with E-state index in [9.17, 15) is 9.59 Å². The Bertz CT molecular complexity index is 719. The maximum atomic E-state index is 12.7. The number of carbonyl (C=O) groups excluding carboxylic acids is 2. The molecule has 2 atom stereocenters. The molecule has 2 unspecified atom stereocenters. The Balaban J connectivity index is 2.08. The number of methoxy groups -OCH3 is 1. The normalized spacial score (nSPS) is 12.9. The monoisotopic (exact) mass is 392 g/mol. The van der Waals surface area contributed by atoms with Crippen LogP contribution in [0.3, 0.4) is 0 Å². The molecule has 0 aliphatic carbocycles. The molecule has 1 aromatic carbocycles. The predicted molar refractivity (Wildman–Crippen MR) is 108 cm³/mol. The number of rotatable bonds is 9. The average molecular weight is 393 g/mol. The van der Waals surface area contributed by atoms with E-state index < -0.39 is 6.04 Å². The van der Waals surface area contributed by atoms with Crippen LogP contribution in [0.25, 0.3) is 0 Å². The fraction of sp³-hybridized carbons (Fsp3) is 0.368. The molecule has 1 heterocycles. The van der Waals surface area contributed by atoms with Crippen molar-refractivity contribution in [3.05, 3.63) is 52.2 Å². The number of para-hydroxylation sites is 1. The van der Waals surface area contributed by atoms with Gasteiger partial charge >= 0.3 is 0 Å². The molecule has 5 nitrogen and oxygen atoms in total. The quantitative estimate of drug-likeness (QED) is 0.686. The molecule has 0 saturated carbocycles. The van der Waals surface area contributed by atoms with Crippen LogP contribution in [0.15, 0.2) is 41.8 Å². The standard InChI is InChI=1S/C19H24N2O3S2/c1-13(17-9-6-11-26-17)20-19(23)15(10-12-25-3)21-18(22)14-7-4-5-8-16(14)24-2/h4-9,11,13,15H,10,12H2,1-3H3,(H,20,23)(H,21,22). The zero-order chi connectivity index (χ0) is 18.9. The lowest BCUT2D eigenvalue weighted by Crippen LogP contribution is -2.47. The molecule has 2 N–H and O–H groups in total. The van der Waals surface area contributed by atoms with E-state index in [2.05, 4.69) is 10.6 Å². The van der Waals surface area contributed by atoms with Crippen molar-refractivity contribution in [2.75, 3.05) is 19.1 Å². The van der Waals surface area contributed by atoms with Gasteiger partial charge in [-0.05, 0) is 48.9 Å². The number of amides is 2. The van der Waals surface area contributed by atoms with Crippen LogP contribution < -0.4 is 15.4 Å². The van der Waals surface area contributed by atoms with E-state index in [4.69, 9.17) is 4.74 Å². The summed E-state index contributed by atoms with van der Waals surface area (Å²) in [6.45, 7) is 1.94. The predicted octanol–water partition coefficient (Wildman–Crippen LogP) is 3.49. The molecular formula is C19H24N2O3S2. The lowest BCUT2D eigenvalue weighted by atomic mass is 10.1. The third kappa shape index (κ3) is 5.51. The van der Waals surface area contributed by atoms with Crippen molar-refractivity contribution in [1.82, 2.24) is 10.6 Å². The van der Waals surface area contributed by atoms with Gasteiger partial charge in [0.2, 0.25) is 5.91 Å². The number of ether oxygens (including phenoxy) is 1. The van der Waals surface area contributed by atoms with Gasteiger partial charge in [-0.3, -0.25) is 9.59 Å². The Morgan fingerprint density at radius 1 is 1.19 bits per heavy atom. The van der Waals surface area contributed by atoms with Gasteiger partial charge < -0.3 is 15.4 Å². The summed E-state index contributed by atoms with van der Waals surface area (Å²) in [4.78, 5) is 26.4. The van der Waals surface area contributed by atoms with Crippen LogP contribution >= 0.6 is 23.1 Å². The van der Waals surface area contributed by atoms with Crippen molar-refractivity contribution < 1.29 is 14.3 Å². The molecule has 0 aliphatic rings. The van der Waals surface area contributed by atoms with Crippen molar-refractivity contribution in [3.63, 3.8) is 0 Å². The molecule has 0 radical (unpaired) electrons. The van der Waals surface area contributed by atoms with E-state index in [1.807, 2.05) is 30.7 Å². The summed E-state index contributed by atoms with van der Waals surface area (Å²) < 4.78 is 5.24. The molecule has 1 aromatic heterocycles. The third-order valence-electron chi connectivity index (χ3n) is 3.91. The zero-order valence-electron chi connectivity index (χ0n) is 15.2. The molecule has 0 spiro atoms. The van der Waals surface area contributed by atoms with Crippen LogP contribution in [0.1, 0.15) is 34.6 Å². The first kappa shape index (κ1) is 20.3. The topological polar surface area (TPSA) is 67.4 Å². The SMILES string of the molecule is COc1ccccc1C(=O)NC(CCSC)C(=O)NC(C)c1cccs1. The summed E-state index contributed by atoms with van der Waals surface area (Å²) in [7, 11) is 1.52. The van der Waals surface area contributed by atoms with E-state index >= 15 is 0 Å². The lowest BCUT2D eigenvalue weighted by Gasteiger charge is -2.21. The number of thiophene rings is 1. The second-order valence-electron chi connectivity index (χ2n) is 5.75. The summed E-state index contributed by atoms with van der Waals surface area (Å²) in [5.41, 5.74) is 0.420. The van der Waals surface area contributed by atoms with Crippen LogP contribution in [0.2, 0.25) is 0 Å². The first-order chi connectivity index (χ1) is 12.6. The van der Waals surface area contributed by atoms with E-state index in [0.717, 1.165) is 10.6 Å². The minimum Gasteiger partial charge on any atom is -0.496 e. The van der Waals surface area contributed by atoms with Crippen molar-refractivity contribution in [3.8, 4) is 5.75 Å². The zero-order valence-corrected chi connectivity index (χ0v) is 16.8. The van der Waals surface area contributed by atoms with E-state index in [0.29, 0.717) is 17.7 Å². The Morgan fingerprint density at radius 3 is 2.62 bits per heavy atom. The fourth-order valence-corrected chi connectivity index (χ4v) is 3.70. The van der Waals surface area contributed by atoms with Gasteiger partial charge in [-0.15, -0.1) is 11.3 Å². The molecule has 140 valence electrons. The highest BCUT2D eigenvalue weighted by Crippen LogP contribution is 2.19. The molecule has 0 saturated heterocycles. The van der Waals surface area contributed by atoms with Gasteiger partial charge in [0, 0.05) is 4.88 Å². The largest absolute Gasteiger partial charge is 0.496 e. The maximum absolute atomic E-state index is 12.7. The third-order valence-corrected chi connectivity index (χ3v) is 5.61. The summed E-state index contributed by atoms with van der Waals surface area (Å²) >= 11 is 3.24. The number of hydrogen-bond acceptors (Lipinski definition) is 5. The van der Waals surface area contributed by atoms with Gasteiger partial charge in [0.25, 0.3) is 5.91 Å². The second-order valence-corrected chi connectivity index (χ2v) is 7.72. The summed E-state index contributed by atoms with van der Waals surface area (Å²) in [6, 6.07) is 10.2. The van der Waals surface area contributed by atoms with Gasteiger partial charge in [-0.1, -0.05) is 18.2 Å². The summed E-state index contributed by atoms with van der Waals surface area (Å²) in [6.07, 6.45) is 2.54. The second kappa shape index (κ2) is 10.2. The van der Waals surface area contributed by atoms with Crippen LogP contribution in [0.5, 0.6) is 5.75 Å². The summed E-state index contributed by atoms with van der Waals surface area (Å²) in [5, 5.41) is 7.82. The van der Waals surface area contributed by atoms with E-state index in [1.165, 1.54) is 7.11 Å². The highest BCUT2D eigenvalue weighted by atomic mass is 32.2. The minimum atomic E-state index is -0.595. The van der Waals surface area contributed by atoms with Crippen LogP contribution in [-0.2, 0) is 4.79 Å². The van der Waals surface area contributed by atoms with Gasteiger partial charge in [0.15, 0.2) is 0 Å². The van der Waals surface area contributed by atoms with Crippen molar-refractivity contribution in [2.24, 2.45) is 0 Å². The maximum Gasteiger partial charge on any atom is 0.255 e. The summed E-state index contributed by atoms with van der Waals surface area (Å²) in [5.74, 6) is 0.772. The molecule has 2 rings (SSSR count). The molecule has 0 bridgehead atoms. The number of benzene rings is 1. The molecule has 2 aromatic rings. The Morgan fingerprint density at radius 2 is 1.96 bits per heavy atom. The van der Waals surface area contributed by atoms with Gasteiger partial charge in [-0.25, -0.2) is 0 Å². The van der Waals surface area contributed by atoms with Crippen LogP contribution in [0.4, 0.5) is 0 Å². The Kier molecular flexibility index (Phi) is 8.00. The molecule has 26 heavy (non-hydrogen) atoms. The molecular weight excluding hydrogens is 368 g/mol.